The van der Waals surface area contributed by atoms with Crippen LogP contribution >= 0.6 is 7.44 Å². The molecule has 3 aliphatic rings. The van der Waals surface area contributed by atoms with Gasteiger partial charge in [-0.2, -0.15) is 0 Å². The van der Waals surface area contributed by atoms with Crippen molar-refractivity contribution in [1.82, 2.24) is 9.34 Å². The maximum atomic E-state index is 16.8. The van der Waals surface area contributed by atoms with E-state index in [1.807, 2.05) is 0 Å². The highest BCUT2D eigenvalue weighted by Crippen LogP contribution is 2.81. The summed E-state index contributed by atoms with van der Waals surface area (Å²) in [6.07, 6.45) is 5.80. The Morgan fingerprint density at radius 3 is 1.70 bits per heavy atom. The Morgan fingerprint density at radius 1 is 0.909 bits per heavy atom. The van der Waals surface area contributed by atoms with Crippen LogP contribution in [0.5, 0.6) is 0 Å². The Hall–Kier alpha value is -0.450. The first-order valence-electron chi connectivity index (χ1n) is 13.0. The van der Waals surface area contributed by atoms with Crippen LogP contribution in [0.3, 0.4) is 0 Å². The predicted molar refractivity (Wildman–Crippen MR) is 133 cm³/mol. The Balaban J connectivity index is 1.98. The van der Waals surface area contributed by atoms with Crippen LogP contribution in [0.2, 0.25) is 0 Å². The standard InChI is InChI=1S/C26H48FN2O3P/c1-23(2,3)14-16-28-20-12-10-11-13-21(20)29(17-15-24(4,5)6)33(28,31)26(27)18-19(26)22(30)32-25(7,8)9/h19-21H,10-18H2,1-9H3/t19-,20+,21+,26+/m0/s1. The molecule has 1 saturated heterocycles. The average Bonchev–Trinajstić information content (AvgIpc) is 3.27. The van der Waals surface area contributed by atoms with Gasteiger partial charge in [-0.05, 0) is 57.3 Å². The maximum Gasteiger partial charge on any atom is 0.313 e. The Bertz CT molecular complexity index is 744. The molecule has 3 fully saturated rings. The summed E-state index contributed by atoms with van der Waals surface area (Å²) in [5.41, 5.74) is -0.562. The molecule has 0 aromatic heterocycles. The Labute approximate surface area is 201 Å². The first-order valence-corrected chi connectivity index (χ1v) is 14.6. The molecule has 0 radical (unpaired) electrons. The third-order valence-electron chi connectivity index (χ3n) is 7.38. The van der Waals surface area contributed by atoms with Gasteiger partial charge in [-0.3, -0.25) is 9.36 Å². The summed E-state index contributed by atoms with van der Waals surface area (Å²) in [7, 11) is -3.62. The number of nitrogens with zero attached hydrogens (tertiary/aromatic N) is 2. The van der Waals surface area contributed by atoms with Gasteiger partial charge >= 0.3 is 5.97 Å². The van der Waals surface area contributed by atoms with Crippen LogP contribution in [0.4, 0.5) is 4.39 Å². The molecule has 0 bridgehead atoms. The number of halogens is 1. The molecular formula is C26H48FN2O3P. The van der Waals surface area contributed by atoms with E-state index in [0.29, 0.717) is 13.1 Å². The van der Waals surface area contributed by atoms with Crippen LogP contribution in [-0.4, -0.2) is 51.5 Å². The number of fused-ring (bicyclic) bond motifs is 1. The number of esters is 1. The SMILES string of the molecule is CC(C)(C)CCN1[C@@H]2CCCC[C@H]2N(CCC(C)(C)C)P1(=O)[C@]1(F)C[C@H]1C(=O)OC(C)(C)C. The Morgan fingerprint density at radius 2 is 1.33 bits per heavy atom. The molecule has 33 heavy (non-hydrogen) atoms. The normalized spacial score (nSPS) is 33.1. The molecule has 2 aliphatic carbocycles. The largest absolute Gasteiger partial charge is 0.460 e. The highest BCUT2D eigenvalue weighted by molar-refractivity contribution is 7.61. The van der Waals surface area contributed by atoms with E-state index in [-0.39, 0.29) is 29.3 Å². The van der Waals surface area contributed by atoms with Gasteiger partial charge in [0.25, 0.3) is 7.44 Å². The van der Waals surface area contributed by atoms with Gasteiger partial charge in [0, 0.05) is 31.6 Å². The van der Waals surface area contributed by atoms with Crippen LogP contribution in [0, 0.1) is 16.7 Å². The van der Waals surface area contributed by atoms with Crippen LogP contribution in [0.1, 0.15) is 107 Å². The number of rotatable bonds is 6. The molecule has 5 nitrogen and oxygen atoms in total. The summed E-state index contributed by atoms with van der Waals surface area (Å²) in [5.74, 6) is -1.47. The van der Waals surface area contributed by atoms with E-state index in [1.54, 1.807) is 20.8 Å². The molecule has 1 aliphatic heterocycles. The number of carbonyl (C=O) groups excluding carboxylic acids is 1. The molecule has 0 aromatic rings. The predicted octanol–water partition coefficient (Wildman–Crippen LogP) is 7.01. The van der Waals surface area contributed by atoms with Crippen molar-refractivity contribution in [3.63, 3.8) is 0 Å². The van der Waals surface area contributed by atoms with Gasteiger partial charge in [-0.15, -0.1) is 0 Å². The first kappa shape index (κ1) is 27.1. The molecule has 0 unspecified atom stereocenters. The second-order valence-electron chi connectivity index (χ2n) is 14.0. The van der Waals surface area contributed by atoms with E-state index in [9.17, 15) is 4.79 Å². The molecule has 4 atom stereocenters. The summed E-state index contributed by atoms with van der Waals surface area (Å²) in [6.45, 7) is 19.7. The van der Waals surface area contributed by atoms with Gasteiger partial charge in [0.05, 0.1) is 0 Å². The van der Waals surface area contributed by atoms with Crippen molar-refractivity contribution < 1.29 is 18.5 Å². The summed E-state index contributed by atoms with van der Waals surface area (Å²) in [6, 6.07) is 0.221. The third-order valence-corrected chi connectivity index (χ3v) is 11.2. The topological polar surface area (TPSA) is 49.9 Å². The van der Waals surface area contributed by atoms with Crippen LogP contribution in [0.15, 0.2) is 0 Å². The number of ether oxygens (including phenoxy) is 1. The third kappa shape index (κ3) is 5.70. The second-order valence-corrected chi connectivity index (χ2v) is 16.9. The molecule has 0 amide bonds. The highest BCUT2D eigenvalue weighted by Gasteiger charge is 2.78. The van der Waals surface area contributed by atoms with Crippen molar-refractivity contribution in [3.05, 3.63) is 0 Å². The molecular weight excluding hydrogens is 438 g/mol. The van der Waals surface area contributed by atoms with Crippen molar-refractivity contribution in [3.8, 4) is 0 Å². The van der Waals surface area contributed by atoms with Gasteiger partial charge < -0.3 is 4.74 Å². The second kappa shape index (κ2) is 8.89. The number of carbonyl (C=O) groups is 1. The lowest BCUT2D eigenvalue weighted by molar-refractivity contribution is -0.157. The number of hydrogen-bond donors (Lipinski definition) is 0. The van der Waals surface area contributed by atoms with E-state index in [2.05, 4.69) is 50.9 Å². The van der Waals surface area contributed by atoms with Gasteiger partial charge in [0.2, 0.25) is 5.41 Å². The van der Waals surface area contributed by atoms with Crippen molar-refractivity contribution in [2.75, 3.05) is 13.1 Å². The first-order chi connectivity index (χ1) is 14.9. The molecule has 0 aromatic carbocycles. The lowest BCUT2D eigenvalue weighted by Gasteiger charge is -2.37. The van der Waals surface area contributed by atoms with E-state index >= 15 is 8.96 Å². The monoisotopic (exact) mass is 486 g/mol. The number of alkyl halides is 1. The summed E-state index contributed by atoms with van der Waals surface area (Å²) < 4.78 is 41.6. The Kier molecular flexibility index (Phi) is 7.31. The van der Waals surface area contributed by atoms with E-state index in [1.165, 1.54) is 0 Å². The fourth-order valence-corrected chi connectivity index (χ4v) is 9.62. The highest BCUT2D eigenvalue weighted by atomic mass is 31.2. The fraction of sp³-hybridized carbons (Fsp3) is 0.962. The average molecular weight is 487 g/mol. The fourth-order valence-electron chi connectivity index (χ4n) is 5.45. The molecule has 0 N–H and O–H groups in total. The van der Waals surface area contributed by atoms with Gasteiger partial charge in [0.15, 0.2) is 0 Å². The maximum absolute atomic E-state index is 16.8. The van der Waals surface area contributed by atoms with Crippen LogP contribution < -0.4 is 0 Å². The number of hydrogen-bond acceptors (Lipinski definition) is 3. The smallest absolute Gasteiger partial charge is 0.313 e. The molecule has 0 spiro atoms. The van der Waals surface area contributed by atoms with E-state index in [0.717, 1.165) is 38.5 Å². The lowest BCUT2D eigenvalue weighted by Crippen LogP contribution is -2.41. The van der Waals surface area contributed by atoms with E-state index < -0.39 is 30.3 Å². The molecule has 2 saturated carbocycles. The molecule has 7 heteroatoms. The quantitative estimate of drug-likeness (QED) is 0.299. The van der Waals surface area contributed by atoms with Gasteiger partial charge in [-0.25, -0.2) is 13.7 Å². The van der Waals surface area contributed by atoms with Crippen LogP contribution in [0.25, 0.3) is 0 Å². The zero-order valence-electron chi connectivity index (χ0n) is 22.5. The zero-order chi connectivity index (χ0) is 25.0. The minimum absolute atomic E-state index is 0.0106. The minimum Gasteiger partial charge on any atom is -0.460 e. The molecule has 1 heterocycles. The zero-order valence-corrected chi connectivity index (χ0v) is 23.4. The van der Waals surface area contributed by atoms with Crippen molar-refractivity contribution in [1.29, 1.82) is 0 Å². The summed E-state index contributed by atoms with van der Waals surface area (Å²) in [4.78, 5) is 12.9. The molecule has 192 valence electrons. The lowest BCUT2D eigenvalue weighted by atomic mass is 9.88. The van der Waals surface area contributed by atoms with Gasteiger partial charge in [-0.1, -0.05) is 54.4 Å². The summed E-state index contributed by atoms with van der Waals surface area (Å²) in [5, 5.41) is -2.01. The van der Waals surface area contributed by atoms with E-state index in [4.69, 9.17) is 4.74 Å². The van der Waals surface area contributed by atoms with Gasteiger partial charge in [0.1, 0.15) is 11.5 Å². The van der Waals surface area contributed by atoms with Crippen molar-refractivity contribution in [2.45, 2.75) is 130 Å². The minimum atomic E-state index is -3.62. The van der Waals surface area contributed by atoms with Crippen LogP contribution in [-0.2, 0) is 14.1 Å². The van der Waals surface area contributed by atoms with Crippen molar-refractivity contribution >= 4 is 13.4 Å². The molecule has 3 rings (SSSR count). The summed E-state index contributed by atoms with van der Waals surface area (Å²) >= 11 is 0. The van der Waals surface area contributed by atoms with Crippen molar-refractivity contribution in [2.24, 2.45) is 16.7 Å².